The fourth-order valence-corrected chi connectivity index (χ4v) is 4.12. The molecule has 0 amide bonds. The Morgan fingerprint density at radius 2 is 1.92 bits per heavy atom. The van der Waals surface area contributed by atoms with Crippen molar-refractivity contribution in [2.24, 2.45) is 0 Å². The van der Waals surface area contributed by atoms with Gasteiger partial charge in [0.2, 0.25) is 0 Å². The molecule has 24 heavy (non-hydrogen) atoms. The van der Waals surface area contributed by atoms with Gasteiger partial charge in [0.1, 0.15) is 5.69 Å². The third kappa shape index (κ3) is 3.35. The van der Waals surface area contributed by atoms with Crippen molar-refractivity contribution >= 4 is 10.2 Å². The van der Waals surface area contributed by atoms with E-state index in [0.717, 1.165) is 35.6 Å². The average molecular weight is 349 g/mol. The molecule has 0 atom stereocenters. The van der Waals surface area contributed by atoms with Gasteiger partial charge in [-0.3, -0.25) is 10.1 Å². The SMILES string of the molecule is Cc1cc(-c2cccc(C3CCN(S(=O)(=O)N(C)C)CC3)n2)n[nH]1. The molecular weight excluding hydrogens is 326 g/mol. The molecule has 7 nitrogen and oxygen atoms in total. The second kappa shape index (κ2) is 6.62. The van der Waals surface area contributed by atoms with Crippen molar-refractivity contribution in [3.8, 4) is 11.4 Å². The third-order valence-corrected chi connectivity index (χ3v) is 6.34. The molecule has 8 heteroatoms. The van der Waals surface area contributed by atoms with Crippen LogP contribution < -0.4 is 0 Å². The molecule has 3 rings (SSSR count). The van der Waals surface area contributed by atoms with Crippen LogP contribution in [0.15, 0.2) is 24.3 Å². The lowest BCUT2D eigenvalue weighted by atomic mass is 9.94. The van der Waals surface area contributed by atoms with Gasteiger partial charge < -0.3 is 0 Å². The van der Waals surface area contributed by atoms with Crippen molar-refractivity contribution in [2.45, 2.75) is 25.7 Å². The van der Waals surface area contributed by atoms with Gasteiger partial charge in [-0.2, -0.15) is 22.1 Å². The number of hydrogen-bond acceptors (Lipinski definition) is 4. The predicted molar refractivity (Wildman–Crippen MR) is 92.7 cm³/mol. The molecule has 1 fully saturated rings. The van der Waals surface area contributed by atoms with Crippen LogP contribution in [0.5, 0.6) is 0 Å². The second-order valence-corrected chi connectivity index (χ2v) is 8.49. The summed E-state index contributed by atoms with van der Waals surface area (Å²) in [4.78, 5) is 4.74. The van der Waals surface area contributed by atoms with E-state index in [-0.39, 0.29) is 5.92 Å². The number of piperidine rings is 1. The molecular formula is C16H23N5O2S. The van der Waals surface area contributed by atoms with Crippen molar-refractivity contribution in [2.75, 3.05) is 27.2 Å². The van der Waals surface area contributed by atoms with E-state index in [0.29, 0.717) is 13.1 Å². The molecule has 1 saturated heterocycles. The highest BCUT2D eigenvalue weighted by atomic mass is 32.2. The van der Waals surface area contributed by atoms with Gasteiger partial charge in [-0.05, 0) is 38.0 Å². The van der Waals surface area contributed by atoms with Crippen molar-refractivity contribution in [1.82, 2.24) is 23.8 Å². The summed E-state index contributed by atoms with van der Waals surface area (Å²) in [5.74, 6) is 0.276. The molecule has 0 spiro atoms. The monoisotopic (exact) mass is 349 g/mol. The number of nitrogens with zero attached hydrogens (tertiary/aromatic N) is 4. The summed E-state index contributed by atoms with van der Waals surface area (Å²) >= 11 is 0. The number of rotatable bonds is 4. The number of H-pyrrole nitrogens is 1. The van der Waals surface area contributed by atoms with E-state index >= 15 is 0 Å². The number of aromatic amines is 1. The molecule has 130 valence electrons. The lowest BCUT2D eigenvalue weighted by Crippen LogP contribution is -2.44. The van der Waals surface area contributed by atoms with E-state index in [2.05, 4.69) is 10.2 Å². The summed E-state index contributed by atoms with van der Waals surface area (Å²) in [6.07, 6.45) is 1.56. The molecule has 1 aliphatic heterocycles. The van der Waals surface area contributed by atoms with Crippen LogP contribution in [0.4, 0.5) is 0 Å². The first kappa shape index (κ1) is 17.1. The minimum Gasteiger partial charge on any atom is -0.282 e. The van der Waals surface area contributed by atoms with E-state index in [4.69, 9.17) is 4.98 Å². The molecule has 0 aliphatic carbocycles. The highest BCUT2D eigenvalue weighted by Gasteiger charge is 2.30. The van der Waals surface area contributed by atoms with Crippen molar-refractivity contribution in [3.05, 3.63) is 35.7 Å². The zero-order valence-corrected chi connectivity index (χ0v) is 15.0. The highest BCUT2D eigenvalue weighted by Crippen LogP contribution is 2.29. The summed E-state index contributed by atoms with van der Waals surface area (Å²) in [5, 5.41) is 7.19. The first-order chi connectivity index (χ1) is 11.4. The van der Waals surface area contributed by atoms with Gasteiger partial charge in [-0.15, -0.1) is 0 Å². The summed E-state index contributed by atoms with van der Waals surface area (Å²) in [5.41, 5.74) is 3.69. The first-order valence-electron chi connectivity index (χ1n) is 8.05. The average Bonchev–Trinajstić information content (AvgIpc) is 3.01. The van der Waals surface area contributed by atoms with Gasteiger partial charge in [0.05, 0.1) is 5.69 Å². The van der Waals surface area contributed by atoms with Gasteiger partial charge in [0.15, 0.2) is 0 Å². The molecule has 0 unspecified atom stereocenters. The number of aromatic nitrogens is 3. The van der Waals surface area contributed by atoms with Crippen LogP contribution in [0, 0.1) is 6.92 Å². The lowest BCUT2D eigenvalue weighted by molar-refractivity contribution is 0.300. The Balaban J connectivity index is 1.73. The fraction of sp³-hybridized carbons (Fsp3) is 0.500. The Hall–Kier alpha value is -1.77. The summed E-state index contributed by atoms with van der Waals surface area (Å²) in [6.45, 7) is 3.01. The highest BCUT2D eigenvalue weighted by molar-refractivity contribution is 7.86. The number of aryl methyl sites for hydroxylation is 1. The molecule has 2 aromatic heterocycles. The van der Waals surface area contributed by atoms with Gasteiger partial charge >= 0.3 is 0 Å². The van der Waals surface area contributed by atoms with Crippen LogP contribution in [-0.2, 0) is 10.2 Å². The van der Waals surface area contributed by atoms with Crippen LogP contribution in [0.3, 0.4) is 0 Å². The number of pyridine rings is 1. The Morgan fingerprint density at radius 1 is 1.21 bits per heavy atom. The first-order valence-corrected chi connectivity index (χ1v) is 9.44. The number of hydrogen-bond donors (Lipinski definition) is 1. The maximum atomic E-state index is 12.2. The third-order valence-electron chi connectivity index (χ3n) is 4.40. The molecule has 1 N–H and O–H groups in total. The molecule has 1 aliphatic rings. The van der Waals surface area contributed by atoms with E-state index in [1.807, 2.05) is 31.2 Å². The smallest absolute Gasteiger partial charge is 0.281 e. The Kier molecular flexibility index (Phi) is 4.71. The van der Waals surface area contributed by atoms with Crippen molar-refractivity contribution in [3.63, 3.8) is 0 Å². The van der Waals surface area contributed by atoms with Gasteiger partial charge in [-0.25, -0.2) is 0 Å². The van der Waals surface area contributed by atoms with E-state index in [9.17, 15) is 8.42 Å². The minimum absolute atomic E-state index is 0.276. The second-order valence-electron chi connectivity index (χ2n) is 6.35. The summed E-state index contributed by atoms with van der Waals surface area (Å²) in [6, 6.07) is 7.93. The number of nitrogens with one attached hydrogen (secondary N) is 1. The standard InChI is InChI=1S/C16H23N5O2S/c1-12-11-16(19-18-12)15-6-4-5-14(17-15)13-7-9-21(10-8-13)24(22,23)20(2)3/h4-6,11,13H,7-10H2,1-3H3,(H,18,19). The van der Waals surface area contributed by atoms with Gasteiger partial charge in [0.25, 0.3) is 10.2 Å². The molecule has 0 aromatic carbocycles. The largest absolute Gasteiger partial charge is 0.282 e. The van der Waals surface area contributed by atoms with Gasteiger partial charge in [0, 0.05) is 44.5 Å². The van der Waals surface area contributed by atoms with E-state index in [1.165, 1.54) is 4.31 Å². The molecule has 0 radical (unpaired) electrons. The van der Waals surface area contributed by atoms with Crippen LogP contribution in [0.25, 0.3) is 11.4 Å². The maximum Gasteiger partial charge on any atom is 0.281 e. The topological polar surface area (TPSA) is 82.2 Å². The molecule has 0 saturated carbocycles. The lowest BCUT2D eigenvalue weighted by Gasteiger charge is -2.32. The molecule has 0 bridgehead atoms. The van der Waals surface area contributed by atoms with E-state index < -0.39 is 10.2 Å². The Bertz CT molecular complexity index is 807. The zero-order chi connectivity index (χ0) is 17.3. The summed E-state index contributed by atoms with van der Waals surface area (Å²) < 4.78 is 27.2. The van der Waals surface area contributed by atoms with Crippen LogP contribution >= 0.6 is 0 Å². The Labute approximate surface area is 142 Å². The quantitative estimate of drug-likeness (QED) is 0.912. The van der Waals surface area contributed by atoms with E-state index in [1.54, 1.807) is 18.4 Å². The van der Waals surface area contributed by atoms with Gasteiger partial charge in [-0.1, -0.05) is 6.07 Å². The van der Waals surface area contributed by atoms with Crippen molar-refractivity contribution < 1.29 is 8.42 Å². The van der Waals surface area contributed by atoms with Crippen LogP contribution in [0.1, 0.15) is 30.1 Å². The van der Waals surface area contributed by atoms with Crippen LogP contribution in [-0.4, -0.2) is 59.4 Å². The maximum absolute atomic E-state index is 12.2. The molecule has 2 aromatic rings. The Morgan fingerprint density at radius 3 is 2.50 bits per heavy atom. The molecule has 3 heterocycles. The fourth-order valence-electron chi connectivity index (χ4n) is 2.98. The minimum atomic E-state index is -3.32. The summed E-state index contributed by atoms with van der Waals surface area (Å²) in [7, 11) is -0.186. The normalized spacial score (nSPS) is 17.5. The predicted octanol–water partition coefficient (Wildman–Crippen LogP) is 1.77. The van der Waals surface area contributed by atoms with Crippen molar-refractivity contribution in [1.29, 1.82) is 0 Å². The van der Waals surface area contributed by atoms with Crippen LogP contribution in [0.2, 0.25) is 0 Å². The zero-order valence-electron chi connectivity index (χ0n) is 14.2.